The van der Waals surface area contributed by atoms with E-state index in [9.17, 15) is 4.79 Å². The number of anilines is 1. The Kier molecular flexibility index (Phi) is 3.84. The zero-order valence-electron chi connectivity index (χ0n) is 10.7. The van der Waals surface area contributed by atoms with Gasteiger partial charge in [-0.1, -0.05) is 6.07 Å². The number of nitrogens with two attached hydrogens (primary N) is 2. The van der Waals surface area contributed by atoms with Gasteiger partial charge in [0.05, 0.1) is 0 Å². The molecule has 2 rings (SSSR count). The molecule has 1 aromatic rings. The lowest BCUT2D eigenvalue weighted by Gasteiger charge is -2.32. The molecule has 0 radical (unpaired) electrons. The van der Waals surface area contributed by atoms with Crippen LogP contribution in [0.2, 0.25) is 0 Å². The van der Waals surface area contributed by atoms with Gasteiger partial charge in [-0.15, -0.1) is 0 Å². The maximum absolute atomic E-state index is 11.0. The van der Waals surface area contributed by atoms with Gasteiger partial charge in [0.1, 0.15) is 0 Å². The molecule has 98 valence electrons. The predicted molar refractivity (Wildman–Crippen MR) is 72.1 cm³/mol. The van der Waals surface area contributed by atoms with Crippen LogP contribution in [0.4, 0.5) is 5.69 Å². The van der Waals surface area contributed by atoms with Crippen LogP contribution in [0.25, 0.3) is 0 Å². The Balaban J connectivity index is 2.03. The van der Waals surface area contributed by atoms with Crippen LogP contribution in [-0.2, 0) is 6.54 Å². The summed E-state index contributed by atoms with van der Waals surface area (Å²) in [5, 5.41) is 0. The quantitative estimate of drug-likeness (QED) is 0.745. The second kappa shape index (κ2) is 5.37. The Morgan fingerprint density at radius 2 is 1.94 bits per heavy atom. The van der Waals surface area contributed by atoms with Gasteiger partial charge in [0.25, 0.3) is 0 Å². The number of nitrogen functional groups attached to an aromatic ring is 1. The lowest BCUT2D eigenvalue weighted by atomic mass is 10.1. The maximum Gasteiger partial charge on any atom is 0.248 e. The molecule has 1 amide bonds. The van der Waals surface area contributed by atoms with E-state index in [1.165, 1.54) is 0 Å². The van der Waals surface area contributed by atoms with Crippen LogP contribution >= 0.6 is 0 Å². The van der Waals surface area contributed by atoms with Crippen LogP contribution in [0.3, 0.4) is 0 Å². The monoisotopic (exact) mass is 248 g/mol. The van der Waals surface area contributed by atoms with E-state index >= 15 is 0 Å². The minimum Gasteiger partial charge on any atom is -0.398 e. The fourth-order valence-corrected chi connectivity index (χ4v) is 2.14. The van der Waals surface area contributed by atoms with Gasteiger partial charge < -0.3 is 16.4 Å². The average molecular weight is 248 g/mol. The molecule has 0 unspecified atom stereocenters. The molecule has 0 aliphatic carbocycles. The highest BCUT2D eigenvalue weighted by Crippen LogP contribution is 2.17. The number of carbonyl (C=O) groups excluding carboxylic acids is 1. The van der Waals surface area contributed by atoms with Gasteiger partial charge in [-0.3, -0.25) is 9.69 Å². The van der Waals surface area contributed by atoms with E-state index in [1.807, 2.05) is 6.07 Å². The Morgan fingerprint density at radius 3 is 2.50 bits per heavy atom. The average Bonchev–Trinajstić information content (AvgIpc) is 2.34. The molecular formula is C13H20N4O. The third-order valence-electron chi connectivity index (χ3n) is 3.42. The molecule has 0 atom stereocenters. The SMILES string of the molecule is CN1CCN(Cc2ccc(C(N)=O)cc2N)CC1. The summed E-state index contributed by atoms with van der Waals surface area (Å²) in [4.78, 5) is 15.7. The van der Waals surface area contributed by atoms with Gasteiger partial charge >= 0.3 is 0 Å². The molecule has 5 nitrogen and oxygen atoms in total. The summed E-state index contributed by atoms with van der Waals surface area (Å²) in [7, 11) is 2.13. The summed E-state index contributed by atoms with van der Waals surface area (Å²) in [5.74, 6) is -0.437. The highest BCUT2D eigenvalue weighted by molar-refractivity contribution is 5.93. The van der Waals surface area contributed by atoms with E-state index in [0.717, 1.165) is 38.3 Å². The zero-order valence-corrected chi connectivity index (χ0v) is 10.7. The molecule has 18 heavy (non-hydrogen) atoms. The zero-order chi connectivity index (χ0) is 13.1. The van der Waals surface area contributed by atoms with Crippen molar-refractivity contribution in [3.63, 3.8) is 0 Å². The number of amides is 1. The van der Waals surface area contributed by atoms with Gasteiger partial charge in [-0.2, -0.15) is 0 Å². The van der Waals surface area contributed by atoms with Gasteiger partial charge in [0.15, 0.2) is 0 Å². The topological polar surface area (TPSA) is 75.6 Å². The van der Waals surface area contributed by atoms with E-state index < -0.39 is 5.91 Å². The molecule has 1 aliphatic heterocycles. The first-order chi connectivity index (χ1) is 8.56. The first-order valence-corrected chi connectivity index (χ1v) is 6.15. The van der Waals surface area contributed by atoms with E-state index in [1.54, 1.807) is 12.1 Å². The molecule has 1 heterocycles. The molecule has 1 saturated heterocycles. The van der Waals surface area contributed by atoms with Crippen molar-refractivity contribution in [1.82, 2.24) is 9.80 Å². The Bertz CT molecular complexity index is 439. The fourth-order valence-electron chi connectivity index (χ4n) is 2.14. The molecular weight excluding hydrogens is 228 g/mol. The van der Waals surface area contributed by atoms with Crippen molar-refractivity contribution >= 4 is 11.6 Å². The number of nitrogens with zero attached hydrogens (tertiary/aromatic N) is 2. The van der Waals surface area contributed by atoms with Crippen LogP contribution in [-0.4, -0.2) is 48.9 Å². The normalized spacial score (nSPS) is 17.8. The number of primary amides is 1. The molecule has 5 heteroatoms. The third kappa shape index (κ3) is 3.00. The lowest BCUT2D eigenvalue weighted by molar-refractivity contribution is 0.100. The van der Waals surface area contributed by atoms with Crippen LogP contribution in [0.1, 0.15) is 15.9 Å². The van der Waals surface area contributed by atoms with E-state index in [4.69, 9.17) is 11.5 Å². The molecule has 0 bridgehead atoms. The number of rotatable bonds is 3. The maximum atomic E-state index is 11.0. The van der Waals surface area contributed by atoms with Gasteiger partial charge in [0, 0.05) is 44.0 Å². The largest absolute Gasteiger partial charge is 0.398 e. The van der Waals surface area contributed by atoms with E-state index in [2.05, 4.69) is 16.8 Å². The summed E-state index contributed by atoms with van der Waals surface area (Å²) in [6, 6.07) is 5.30. The van der Waals surface area contributed by atoms with Crippen LogP contribution in [0, 0.1) is 0 Å². The molecule has 1 aromatic carbocycles. The Labute approximate surface area is 107 Å². The van der Waals surface area contributed by atoms with E-state index in [0.29, 0.717) is 11.3 Å². The smallest absolute Gasteiger partial charge is 0.248 e. The fraction of sp³-hybridized carbons (Fsp3) is 0.462. The molecule has 0 spiro atoms. The van der Waals surface area contributed by atoms with Crippen molar-refractivity contribution < 1.29 is 4.79 Å². The molecule has 4 N–H and O–H groups in total. The summed E-state index contributed by atoms with van der Waals surface area (Å²) < 4.78 is 0. The Hall–Kier alpha value is -1.59. The highest BCUT2D eigenvalue weighted by atomic mass is 16.1. The predicted octanol–water partition coefficient (Wildman–Crippen LogP) is 0.115. The lowest BCUT2D eigenvalue weighted by Crippen LogP contribution is -2.43. The highest BCUT2D eigenvalue weighted by Gasteiger charge is 2.15. The number of carbonyl (C=O) groups is 1. The summed E-state index contributed by atoms with van der Waals surface area (Å²) in [6.07, 6.45) is 0. The summed E-state index contributed by atoms with van der Waals surface area (Å²) >= 11 is 0. The Morgan fingerprint density at radius 1 is 1.28 bits per heavy atom. The molecule has 1 fully saturated rings. The van der Waals surface area contributed by atoms with Crippen molar-refractivity contribution in [1.29, 1.82) is 0 Å². The van der Waals surface area contributed by atoms with Crippen LogP contribution in [0.5, 0.6) is 0 Å². The standard InChI is InChI=1S/C13H20N4O/c1-16-4-6-17(7-5-16)9-11-3-2-10(13(15)18)8-12(11)14/h2-3,8H,4-7,9,14H2,1H3,(H2,15,18). The molecule has 1 aliphatic rings. The van der Waals surface area contributed by atoms with Crippen molar-refractivity contribution in [3.05, 3.63) is 29.3 Å². The first kappa shape index (κ1) is 12.9. The second-order valence-corrected chi connectivity index (χ2v) is 4.86. The number of likely N-dealkylation sites (N-methyl/N-ethyl adjacent to an activating group) is 1. The van der Waals surface area contributed by atoms with Crippen molar-refractivity contribution in [2.45, 2.75) is 6.54 Å². The van der Waals surface area contributed by atoms with E-state index in [-0.39, 0.29) is 0 Å². The summed E-state index contributed by atoms with van der Waals surface area (Å²) in [5.41, 5.74) is 13.4. The number of piperazine rings is 1. The minimum absolute atomic E-state index is 0.437. The van der Waals surface area contributed by atoms with Crippen molar-refractivity contribution in [2.24, 2.45) is 5.73 Å². The van der Waals surface area contributed by atoms with Gasteiger partial charge in [0.2, 0.25) is 5.91 Å². The van der Waals surface area contributed by atoms with Crippen molar-refractivity contribution in [2.75, 3.05) is 39.0 Å². The summed E-state index contributed by atoms with van der Waals surface area (Å²) in [6.45, 7) is 5.10. The van der Waals surface area contributed by atoms with Gasteiger partial charge in [-0.05, 0) is 24.7 Å². The number of hydrogen-bond donors (Lipinski definition) is 2. The first-order valence-electron chi connectivity index (χ1n) is 6.15. The minimum atomic E-state index is -0.437. The van der Waals surface area contributed by atoms with Crippen LogP contribution < -0.4 is 11.5 Å². The van der Waals surface area contributed by atoms with Gasteiger partial charge in [-0.25, -0.2) is 0 Å². The number of hydrogen-bond acceptors (Lipinski definition) is 4. The second-order valence-electron chi connectivity index (χ2n) is 4.86. The third-order valence-corrected chi connectivity index (χ3v) is 3.42. The molecule has 0 saturated carbocycles. The van der Waals surface area contributed by atoms with Crippen molar-refractivity contribution in [3.8, 4) is 0 Å². The molecule has 0 aromatic heterocycles. The number of benzene rings is 1. The van der Waals surface area contributed by atoms with Crippen LogP contribution in [0.15, 0.2) is 18.2 Å².